The number of benzene rings is 1. The lowest BCUT2D eigenvalue weighted by molar-refractivity contribution is 0.632. The third-order valence-electron chi connectivity index (χ3n) is 5.51. The van der Waals surface area contributed by atoms with E-state index in [2.05, 4.69) is 20.2 Å². The second-order valence-corrected chi connectivity index (χ2v) is 8.06. The molecule has 0 unspecified atom stereocenters. The molecule has 1 saturated carbocycles. The molecule has 7 heteroatoms. The molecule has 2 aromatic heterocycles. The van der Waals surface area contributed by atoms with Gasteiger partial charge in [0.25, 0.3) is 0 Å². The molecule has 5 rings (SSSR count). The van der Waals surface area contributed by atoms with E-state index >= 15 is 0 Å². The number of halogens is 2. The fourth-order valence-electron chi connectivity index (χ4n) is 3.72. The van der Waals surface area contributed by atoms with Crippen LogP contribution in [0.4, 0.5) is 21.6 Å². The molecule has 1 fully saturated rings. The minimum atomic E-state index is -0.286. The zero-order valence-corrected chi connectivity index (χ0v) is 16.9. The summed E-state index contributed by atoms with van der Waals surface area (Å²) in [5.74, 6) is 1.92. The molecule has 1 aromatic carbocycles. The molecule has 2 aliphatic rings. The van der Waals surface area contributed by atoms with E-state index in [0.717, 1.165) is 60.0 Å². The zero-order valence-electron chi connectivity index (χ0n) is 16.1. The number of para-hydroxylation sites is 1. The second kappa shape index (κ2) is 7.26. The van der Waals surface area contributed by atoms with Gasteiger partial charge in [0.15, 0.2) is 0 Å². The molecule has 1 N–H and O–H groups in total. The number of aromatic nitrogens is 3. The van der Waals surface area contributed by atoms with E-state index < -0.39 is 0 Å². The minimum absolute atomic E-state index is 0.286. The van der Waals surface area contributed by atoms with Gasteiger partial charge in [-0.3, -0.25) is 4.98 Å². The van der Waals surface area contributed by atoms with Gasteiger partial charge in [0.1, 0.15) is 22.6 Å². The molecule has 1 aliphatic heterocycles. The Balaban J connectivity index is 1.43. The average molecular weight is 410 g/mol. The summed E-state index contributed by atoms with van der Waals surface area (Å²) in [6.45, 7) is 3.49. The van der Waals surface area contributed by atoms with Gasteiger partial charge in [-0.15, -0.1) is 0 Å². The first-order chi connectivity index (χ1) is 14.1. The van der Waals surface area contributed by atoms with Crippen LogP contribution < -0.4 is 10.2 Å². The zero-order chi connectivity index (χ0) is 20.0. The highest BCUT2D eigenvalue weighted by Crippen LogP contribution is 2.40. The standard InChI is InChI=1S/C22H21ClFN5/c1-13-20(23)27-21(14-6-7-14)28-22(13)29-9-8-18-15(12-29)10-16(11-25-18)26-19-5-3-2-4-17(19)24/h2-5,10-11,14,26H,6-9,12H2,1H3. The number of hydrogen-bond donors (Lipinski definition) is 1. The lowest BCUT2D eigenvalue weighted by Crippen LogP contribution is -2.32. The average Bonchev–Trinajstić information content (AvgIpc) is 3.56. The number of anilines is 3. The van der Waals surface area contributed by atoms with Crippen LogP contribution in [0.3, 0.4) is 0 Å². The number of fused-ring (bicyclic) bond motifs is 1. The Morgan fingerprint density at radius 3 is 2.83 bits per heavy atom. The van der Waals surface area contributed by atoms with Crippen LogP contribution in [0.2, 0.25) is 5.15 Å². The van der Waals surface area contributed by atoms with E-state index in [1.807, 2.05) is 13.0 Å². The van der Waals surface area contributed by atoms with Crippen LogP contribution >= 0.6 is 11.6 Å². The van der Waals surface area contributed by atoms with Crippen molar-refractivity contribution >= 4 is 28.8 Å². The number of nitrogens with one attached hydrogen (secondary N) is 1. The largest absolute Gasteiger partial charge is 0.352 e. The van der Waals surface area contributed by atoms with Crippen molar-refractivity contribution in [1.82, 2.24) is 15.0 Å². The van der Waals surface area contributed by atoms with Crippen molar-refractivity contribution in [2.45, 2.75) is 38.6 Å². The van der Waals surface area contributed by atoms with Crippen molar-refractivity contribution in [3.8, 4) is 0 Å². The fraction of sp³-hybridized carbons (Fsp3) is 0.318. The van der Waals surface area contributed by atoms with Gasteiger partial charge in [0, 0.05) is 36.7 Å². The van der Waals surface area contributed by atoms with E-state index in [-0.39, 0.29) is 5.82 Å². The maximum absolute atomic E-state index is 14.0. The molecule has 148 valence electrons. The topological polar surface area (TPSA) is 53.9 Å². The van der Waals surface area contributed by atoms with Crippen molar-refractivity contribution in [2.24, 2.45) is 0 Å². The minimum Gasteiger partial charge on any atom is -0.352 e. The van der Waals surface area contributed by atoms with E-state index in [1.54, 1.807) is 24.4 Å². The lowest BCUT2D eigenvalue weighted by Gasteiger charge is -2.31. The molecule has 0 atom stereocenters. The Kier molecular flexibility index (Phi) is 4.59. The first-order valence-electron chi connectivity index (χ1n) is 9.87. The molecule has 3 heterocycles. The monoisotopic (exact) mass is 409 g/mol. The third kappa shape index (κ3) is 3.65. The smallest absolute Gasteiger partial charge is 0.146 e. The summed E-state index contributed by atoms with van der Waals surface area (Å²) in [7, 11) is 0. The van der Waals surface area contributed by atoms with Crippen LogP contribution in [0.1, 0.15) is 41.4 Å². The maximum atomic E-state index is 14.0. The Morgan fingerprint density at radius 2 is 2.03 bits per heavy atom. The predicted molar refractivity (Wildman–Crippen MR) is 112 cm³/mol. The van der Waals surface area contributed by atoms with E-state index in [1.165, 1.54) is 6.07 Å². The highest BCUT2D eigenvalue weighted by atomic mass is 35.5. The summed E-state index contributed by atoms with van der Waals surface area (Å²) >= 11 is 6.40. The van der Waals surface area contributed by atoms with Crippen molar-refractivity contribution in [2.75, 3.05) is 16.8 Å². The van der Waals surface area contributed by atoms with Crippen molar-refractivity contribution in [3.63, 3.8) is 0 Å². The molecule has 0 bridgehead atoms. The predicted octanol–water partition coefficient (Wildman–Crippen LogP) is 5.16. The van der Waals surface area contributed by atoms with Gasteiger partial charge >= 0.3 is 0 Å². The Morgan fingerprint density at radius 1 is 1.21 bits per heavy atom. The van der Waals surface area contributed by atoms with Crippen molar-refractivity contribution in [1.29, 1.82) is 0 Å². The van der Waals surface area contributed by atoms with Gasteiger partial charge in [0.2, 0.25) is 0 Å². The lowest BCUT2D eigenvalue weighted by atomic mass is 10.0. The molecule has 0 amide bonds. The summed E-state index contributed by atoms with van der Waals surface area (Å²) in [4.78, 5) is 16.2. The molecule has 29 heavy (non-hydrogen) atoms. The Bertz CT molecular complexity index is 1080. The normalized spacial score (nSPS) is 15.9. The van der Waals surface area contributed by atoms with Crippen LogP contribution in [0.5, 0.6) is 0 Å². The van der Waals surface area contributed by atoms with Crippen molar-refractivity contribution < 1.29 is 4.39 Å². The summed E-state index contributed by atoms with van der Waals surface area (Å²) in [6.07, 6.45) is 4.86. The van der Waals surface area contributed by atoms with Gasteiger partial charge in [-0.05, 0) is 43.5 Å². The van der Waals surface area contributed by atoms with Crippen LogP contribution in [-0.2, 0) is 13.0 Å². The van der Waals surface area contributed by atoms with Gasteiger partial charge in [-0.25, -0.2) is 14.4 Å². The molecular formula is C22H21ClFN5. The fourth-order valence-corrected chi connectivity index (χ4v) is 3.89. The Hall–Kier alpha value is -2.73. The van der Waals surface area contributed by atoms with Crippen LogP contribution in [0.15, 0.2) is 36.5 Å². The van der Waals surface area contributed by atoms with Crippen LogP contribution in [-0.4, -0.2) is 21.5 Å². The van der Waals surface area contributed by atoms with Crippen LogP contribution in [0, 0.1) is 12.7 Å². The Labute approximate surface area is 174 Å². The SMILES string of the molecule is Cc1c(Cl)nc(C2CC2)nc1N1CCc2ncc(Nc3ccccc3F)cc2C1. The van der Waals surface area contributed by atoms with Crippen molar-refractivity contribution in [3.05, 3.63) is 70.1 Å². The molecule has 0 saturated heterocycles. The third-order valence-corrected chi connectivity index (χ3v) is 5.88. The molecule has 3 aromatic rings. The van der Waals surface area contributed by atoms with Crippen LogP contribution in [0.25, 0.3) is 0 Å². The first kappa shape index (κ1) is 18.3. The maximum Gasteiger partial charge on any atom is 0.146 e. The molecule has 5 nitrogen and oxygen atoms in total. The van der Waals surface area contributed by atoms with Gasteiger partial charge in [0.05, 0.1) is 17.6 Å². The first-order valence-corrected chi connectivity index (χ1v) is 10.2. The number of nitrogens with zero attached hydrogens (tertiary/aromatic N) is 4. The summed E-state index contributed by atoms with van der Waals surface area (Å²) in [5, 5.41) is 3.66. The summed E-state index contributed by atoms with van der Waals surface area (Å²) in [6, 6.07) is 8.68. The summed E-state index contributed by atoms with van der Waals surface area (Å²) < 4.78 is 14.0. The second-order valence-electron chi connectivity index (χ2n) is 7.70. The van der Waals surface area contributed by atoms with Gasteiger partial charge in [-0.1, -0.05) is 23.7 Å². The molecular weight excluding hydrogens is 389 g/mol. The highest BCUT2D eigenvalue weighted by molar-refractivity contribution is 6.30. The summed E-state index contributed by atoms with van der Waals surface area (Å²) in [5.41, 5.74) is 4.30. The van der Waals surface area contributed by atoms with E-state index in [4.69, 9.17) is 16.6 Å². The number of pyridine rings is 1. The number of rotatable bonds is 4. The highest BCUT2D eigenvalue weighted by Gasteiger charge is 2.29. The van der Waals surface area contributed by atoms with E-state index in [9.17, 15) is 4.39 Å². The molecule has 1 aliphatic carbocycles. The quantitative estimate of drug-likeness (QED) is 0.603. The van der Waals surface area contributed by atoms with Gasteiger partial charge in [-0.2, -0.15) is 0 Å². The van der Waals surface area contributed by atoms with Gasteiger partial charge < -0.3 is 10.2 Å². The molecule has 0 radical (unpaired) electrons. The van der Waals surface area contributed by atoms with E-state index in [0.29, 0.717) is 23.3 Å². The number of hydrogen-bond acceptors (Lipinski definition) is 5. The molecule has 0 spiro atoms.